The third-order valence-corrected chi connectivity index (χ3v) is 3.90. The lowest BCUT2D eigenvalue weighted by atomic mass is 9.98. The highest BCUT2D eigenvalue weighted by molar-refractivity contribution is 9.09. The number of carbonyl (C=O) groups is 1. The molecule has 104 valence electrons. The zero-order valence-electron chi connectivity index (χ0n) is 10.2. The fourth-order valence-corrected chi connectivity index (χ4v) is 2.63. The smallest absolute Gasteiger partial charge is 0.298 e. The van der Waals surface area contributed by atoms with Gasteiger partial charge in [-0.3, -0.25) is 4.79 Å². The molecule has 0 saturated carbocycles. The zero-order valence-corrected chi connectivity index (χ0v) is 11.8. The second-order valence-electron chi connectivity index (χ2n) is 4.24. The lowest BCUT2D eigenvalue weighted by Crippen LogP contribution is -2.10. The highest BCUT2D eigenvalue weighted by Crippen LogP contribution is 2.40. The Kier molecular flexibility index (Phi) is 4.28. The van der Waals surface area contributed by atoms with E-state index in [0.717, 1.165) is 6.07 Å². The summed E-state index contributed by atoms with van der Waals surface area (Å²) in [6, 6.07) is 11.9. The van der Waals surface area contributed by atoms with Crippen LogP contribution in [0.4, 0.5) is 13.2 Å². The molecule has 0 aliphatic rings. The summed E-state index contributed by atoms with van der Waals surface area (Å²) in [6.07, 6.45) is -3.75. The van der Waals surface area contributed by atoms with Crippen LogP contribution < -0.4 is 0 Å². The summed E-state index contributed by atoms with van der Waals surface area (Å²) in [5.41, 5.74) is 0.476. The van der Waals surface area contributed by atoms with E-state index < -0.39 is 16.6 Å². The van der Waals surface area contributed by atoms with Gasteiger partial charge < -0.3 is 0 Å². The van der Waals surface area contributed by atoms with Gasteiger partial charge in [0.1, 0.15) is 6.29 Å². The van der Waals surface area contributed by atoms with E-state index in [1.54, 1.807) is 30.3 Å². The van der Waals surface area contributed by atoms with Gasteiger partial charge in [0.05, 0.1) is 10.4 Å². The number of hydrogen-bond acceptors (Lipinski definition) is 1. The molecule has 5 heteroatoms. The van der Waals surface area contributed by atoms with Crippen molar-refractivity contribution >= 4 is 22.2 Å². The van der Waals surface area contributed by atoms with E-state index >= 15 is 0 Å². The van der Waals surface area contributed by atoms with Gasteiger partial charge in [0, 0.05) is 5.56 Å². The standard InChI is InChI=1S/C15H10BrF3O/c16-14(11-5-3-4-10(8-11)9-20)12-6-1-2-7-13(12)15(17,18)19/h1-9,14H. The van der Waals surface area contributed by atoms with E-state index in [9.17, 15) is 18.0 Å². The van der Waals surface area contributed by atoms with E-state index in [-0.39, 0.29) is 5.56 Å². The molecule has 0 amide bonds. The quantitative estimate of drug-likeness (QED) is 0.566. The average molecular weight is 343 g/mol. The summed E-state index contributed by atoms with van der Waals surface area (Å²) in [7, 11) is 0. The number of alkyl halides is 4. The summed E-state index contributed by atoms with van der Waals surface area (Å²) in [6.45, 7) is 0. The zero-order chi connectivity index (χ0) is 14.8. The first kappa shape index (κ1) is 14.8. The van der Waals surface area contributed by atoms with E-state index in [0.29, 0.717) is 17.4 Å². The van der Waals surface area contributed by atoms with Crippen molar-refractivity contribution in [2.45, 2.75) is 11.0 Å². The second-order valence-corrected chi connectivity index (χ2v) is 5.15. The number of rotatable bonds is 3. The molecule has 0 fully saturated rings. The van der Waals surface area contributed by atoms with Crippen molar-refractivity contribution < 1.29 is 18.0 Å². The molecule has 0 heterocycles. The summed E-state index contributed by atoms with van der Waals surface area (Å²) in [4.78, 5) is 10.1. The first-order valence-electron chi connectivity index (χ1n) is 5.79. The highest BCUT2D eigenvalue weighted by Gasteiger charge is 2.34. The number of carbonyl (C=O) groups excluding carboxylic acids is 1. The average Bonchev–Trinajstić information content (AvgIpc) is 2.45. The maximum atomic E-state index is 13.0. The Morgan fingerprint density at radius 3 is 2.40 bits per heavy atom. The van der Waals surface area contributed by atoms with Crippen molar-refractivity contribution in [1.82, 2.24) is 0 Å². The van der Waals surface area contributed by atoms with Crippen molar-refractivity contribution in [3.63, 3.8) is 0 Å². The van der Waals surface area contributed by atoms with Crippen LogP contribution >= 0.6 is 15.9 Å². The van der Waals surface area contributed by atoms with Crippen LogP contribution in [0.3, 0.4) is 0 Å². The van der Waals surface area contributed by atoms with Crippen LogP contribution in [0.2, 0.25) is 0 Å². The van der Waals surface area contributed by atoms with E-state index in [4.69, 9.17) is 0 Å². The number of benzene rings is 2. The van der Waals surface area contributed by atoms with Crippen LogP contribution in [0.5, 0.6) is 0 Å². The number of aldehydes is 1. The maximum absolute atomic E-state index is 13.0. The third kappa shape index (κ3) is 3.10. The minimum absolute atomic E-state index is 0.128. The topological polar surface area (TPSA) is 17.1 Å². The SMILES string of the molecule is O=Cc1cccc(C(Br)c2ccccc2C(F)(F)F)c1. The van der Waals surface area contributed by atoms with Crippen molar-refractivity contribution in [3.8, 4) is 0 Å². The molecule has 2 aromatic rings. The first-order chi connectivity index (χ1) is 9.43. The lowest BCUT2D eigenvalue weighted by molar-refractivity contribution is -0.138. The van der Waals surface area contributed by atoms with E-state index in [1.807, 2.05) is 0 Å². The molecule has 0 aliphatic heterocycles. The fourth-order valence-electron chi connectivity index (χ4n) is 1.95. The molecule has 0 aliphatic carbocycles. The molecule has 0 aromatic heterocycles. The third-order valence-electron chi connectivity index (χ3n) is 2.88. The monoisotopic (exact) mass is 342 g/mol. The van der Waals surface area contributed by atoms with E-state index in [2.05, 4.69) is 15.9 Å². The minimum Gasteiger partial charge on any atom is -0.298 e. The van der Waals surface area contributed by atoms with E-state index in [1.165, 1.54) is 12.1 Å². The molecule has 0 radical (unpaired) electrons. The van der Waals surface area contributed by atoms with Gasteiger partial charge in [0.15, 0.2) is 0 Å². The number of halogens is 4. The molecule has 0 bridgehead atoms. The molecule has 1 nitrogen and oxygen atoms in total. The summed E-state index contributed by atoms with van der Waals surface area (Å²) in [5, 5.41) is 0. The van der Waals surface area contributed by atoms with Crippen molar-refractivity contribution in [2.75, 3.05) is 0 Å². The molecule has 20 heavy (non-hydrogen) atoms. The predicted molar refractivity (Wildman–Crippen MR) is 74.0 cm³/mol. The molecule has 1 atom stereocenters. The van der Waals surface area contributed by atoms with Crippen LogP contribution in [-0.4, -0.2) is 6.29 Å². The van der Waals surface area contributed by atoms with Crippen LogP contribution in [0.25, 0.3) is 0 Å². The maximum Gasteiger partial charge on any atom is 0.416 e. The summed E-state index contributed by atoms with van der Waals surface area (Å²) in [5.74, 6) is 0. The predicted octanol–water partition coefficient (Wildman–Crippen LogP) is 5.00. The molecular weight excluding hydrogens is 333 g/mol. The molecule has 0 saturated heterocycles. The normalized spacial score (nSPS) is 13.0. The molecule has 1 unspecified atom stereocenters. The Bertz CT molecular complexity index is 623. The first-order valence-corrected chi connectivity index (χ1v) is 6.70. The van der Waals surface area contributed by atoms with Gasteiger partial charge >= 0.3 is 6.18 Å². The Hall–Kier alpha value is -1.62. The van der Waals surface area contributed by atoms with Gasteiger partial charge in [-0.15, -0.1) is 0 Å². The minimum atomic E-state index is -4.41. The number of hydrogen-bond donors (Lipinski definition) is 0. The largest absolute Gasteiger partial charge is 0.416 e. The van der Waals surface area contributed by atoms with Gasteiger partial charge in [-0.25, -0.2) is 0 Å². The Balaban J connectivity index is 2.48. The second kappa shape index (κ2) is 5.79. The Labute approximate surface area is 122 Å². The summed E-state index contributed by atoms with van der Waals surface area (Å²) < 4.78 is 39.0. The van der Waals surface area contributed by atoms with Gasteiger partial charge in [-0.2, -0.15) is 13.2 Å². The Morgan fingerprint density at radius 1 is 1.05 bits per heavy atom. The molecular formula is C15H10BrF3O. The van der Waals surface area contributed by atoms with Crippen LogP contribution in [-0.2, 0) is 6.18 Å². The van der Waals surface area contributed by atoms with Crippen molar-refractivity contribution in [2.24, 2.45) is 0 Å². The van der Waals surface area contributed by atoms with Crippen molar-refractivity contribution in [3.05, 3.63) is 70.8 Å². The van der Waals surface area contributed by atoms with Gasteiger partial charge in [-0.05, 0) is 23.3 Å². The van der Waals surface area contributed by atoms with Crippen LogP contribution in [0.1, 0.15) is 31.9 Å². The molecule has 2 aromatic carbocycles. The molecule has 2 rings (SSSR count). The summed E-state index contributed by atoms with van der Waals surface area (Å²) >= 11 is 3.28. The highest BCUT2D eigenvalue weighted by atomic mass is 79.9. The lowest BCUT2D eigenvalue weighted by Gasteiger charge is -2.17. The van der Waals surface area contributed by atoms with Gasteiger partial charge in [-0.1, -0.05) is 52.3 Å². The fraction of sp³-hybridized carbons (Fsp3) is 0.133. The van der Waals surface area contributed by atoms with Crippen molar-refractivity contribution in [1.29, 1.82) is 0 Å². The van der Waals surface area contributed by atoms with Crippen LogP contribution in [0.15, 0.2) is 48.5 Å². The molecule has 0 N–H and O–H groups in total. The Morgan fingerprint density at radius 2 is 1.75 bits per heavy atom. The molecule has 0 spiro atoms. The van der Waals surface area contributed by atoms with Gasteiger partial charge in [0.2, 0.25) is 0 Å². The van der Waals surface area contributed by atoms with Gasteiger partial charge in [0.25, 0.3) is 0 Å². The van der Waals surface area contributed by atoms with Crippen LogP contribution in [0, 0.1) is 0 Å².